The number of hydrogen-bond donors (Lipinski definition) is 1. The Bertz CT molecular complexity index is 325. The Kier molecular flexibility index (Phi) is 15.7. The SMILES string of the molecule is CCCCCCCCC(CCCCCCCC)C(=O)OC(C)C(=O)O. The lowest BCUT2D eigenvalue weighted by atomic mass is 9.94. The molecule has 0 saturated heterocycles. The Morgan fingerprint density at radius 2 is 1.16 bits per heavy atom. The van der Waals surface area contributed by atoms with Crippen molar-refractivity contribution in [1.29, 1.82) is 0 Å². The second-order valence-corrected chi connectivity index (χ2v) is 7.23. The van der Waals surface area contributed by atoms with E-state index in [1.165, 1.54) is 58.3 Å². The third-order valence-corrected chi connectivity index (χ3v) is 4.79. The number of aliphatic carboxylic acids is 1. The summed E-state index contributed by atoms with van der Waals surface area (Å²) < 4.78 is 5.13. The summed E-state index contributed by atoms with van der Waals surface area (Å²) in [6.07, 6.45) is 14.9. The van der Waals surface area contributed by atoms with E-state index >= 15 is 0 Å². The number of carbonyl (C=O) groups excluding carboxylic acids is 1. The Balaban J connectivity index is 4.20. The number of unbranched alkanes of at least 4 members (excludes halogenated alkanes) is 10. The predicted octanol–water partition coefficient (Wildman–Crippen LogP) is 6.12. The van der Waals surface area contributed by atoms with E-state index in [-0.39, 0.29) is 11.9 Å². The molecule has 0 aliphatic rings. The zero-order chi connectivity index (χ0) is 18.9. The summed E-state index contributed by atoms with van der Waals surface area (Å²) in [5.41, 5.74) is 0. The maximum Gasteiger partial charge on any atom is 0.344 e. The first kappa shape index (κ1) is 23.9. The van der Waals surface area contributed by atoms with Gasteiger partial charge in [-0.25, -0.2) is 4.79 Å². The summed E-state index contributed by atoms with van der Waals surface area (Å²) in [5.74, 6) is -1.54. The molecule has 0 rings (SSSR count). The lowest BCUT2D eigenvalue weighted by Crippen LogP contribution is -2.28. The predicted molar refractivity (Wildman–Crippen MR) is 103 cm³/mol. The van der Waals surface area contributed by atoms with Crippen LogP contribution in [0.25, 0.3) is 0 Å². The number of carboxylic acids is 1. The molecule has 0 radical (unpaired) electrons. The second-order valence-electron chi connectivity index (χ2n) is 7.23. The maximum absolute atomic E-state index is 12.3. The lowest BCUT2D eigenvalue weighted by Gasteiger charge is -2.18. The van der Waals surface area contributed by atoms with Gasteiger partial charge in [0.05, 0.1) is 5.92 Å². The number of rotatable bonds is 17. The molecule has 0 bridgehead atoms. The Morgan fingerprint density at radius 3 is 1.56 bits per heavy atom. The molecule has 0 aromatic rings. The number of ether oxygens (including phenoxy) is 1. The molecule has 0 aliphatic carbocycles. The molecule has 0 aromatic carbocycles. The van der Waals surface area contributed by atoms with E-state index < -0.39 is 12.1 Å². The van der Waals surface area contributed by atoms with Crippen LogP contribution >= 0.6 is 0 Å². The van der Waals surface area contributed by atoms with Gasteiger partial charge in [-0.1, -0.05) is 90.9 Å². The Hall–Kier alpha value is -1.06. The Labute approximate surface area is 154 Å². The zero-order valence-electron chi connectivity index (χ0n) is 16.7. The molecule has 1 atom stereocenters. The van der Waals surface area contributed by atoms with E-state index in [1.54, 1.807) is 0 Å². The molecule has 148 valence electrons. The molecular formula is C21H40O4. The highest BCUT2D eigenvalue weighted by Crippen LogP contribution is 2.21. The van der Waals surface area contributed by atoms with Gasteiger partial charge < -0.3 is 9.84 Å². The van der Waals surface area contributed by atoms with E-state index in [9.17, 15) is 9.59 Å². The van der Waals surface area contributed by atoms with Crippen LogP contribution in [0.1, 0.15) is 111 Å². The molecule has 0 spiro atoms. The number of esters is 1. The second kappa shape index (κ2) is 16.4. The van der Waals surface area contributed by atoms with Crippen LogP contribution in [0.5, 0.6) is 0 Å². The van der Waals surface area contributed by atoms with Gasteiger partial charge in [0.25, 0.3) is 0 Å². The quantitative estimate of drug-likeness (QED) is 0.252. The fourth-order valence-electron chi connectivity index (χ4n) is 3.04. The molecule has 0 heterocycles. The van der Waals surface area contributed by atoms with E-state index in [0.717, 1.165) is 38.5 Å². The van der Waals surface area contributed by atoms with Gasteiger partial charge in [0.2, 0.25) is 0 Å². The topological polar surface area (TPSA) is 63.6 Å². The normalized spacial score (nSPS) is 12.3. The first-order valence-electron chi connectivity index (χ1n) is 10.5. The first-order chi connectivity index (χ1) is 12.0. The number of hydrogen-bond acceptors (Lipinski definition) is 3. The summed E-state index contributed by atoms with van der Waals surface area (Å²) in [7, 11) is 0. The highest BCUT2D eigenvalue weighted by Gasteiger charge is 2.24. The molecule has 25 heavy (non-hydrogen) atoms. The molecule has 0 aromatic heterocycles. The maximum atomic E-state index is 12.3. The van der Waals surface area contributed by atoms with Gasteiger partial charge in [-0.2, -0.15) is 0 Å². The van der Waals surface area contributed by atoms with Crippen molar-refractivity contribution in [2.45, 2.75) is 117 Å². The van der Waals surface area contributed by atoms with Crippen molar-refractivity contribution >= 4 is 11.9 Å². The summed E-state index contributed by atoms with van der Waals surface area (Å²) in [4.78, 5) is 23.2. The smallest absolute Gasteiger partial charge is 0.344 e. The molecule has 0 saturated carbocycles. The van der Waals surface area contributed by atoms with Crippen molar-refractivity contribution in [2.75, 3.05) is 0 Å². The number of carbonyl (C=O) groups is 2. The van der Waals surface area contributed by atoms with E-state index in [1.807, 2.05) is 0 Å². The zero-order valence-corrected chi connectivity index (χ0v) is 16.7. The highest BCUT2D eigenvalue weighted by atomic mass is 16.6. The Morgan fingerprint density at radius 1 is 0.760 bits per heavy atom. The van der Waals surface area contributed by atoms with Gasteiger partial charge >= 0.3 is 11.9 Å². The van der Waals surface area contributed by atoms with Crippen molar-refractivity contribution in [3.8, 4) is 0 Å². The monoisotopic (exact) mass is 356 g/mol. The van der Waals surface area contributed by atoms with Crippen LogP contribution in [0.4, 0.5) is 0 Å². The van der Waals surface area contributed by atoms with Crippen LogP contribution in [0.3, 0.4) is 0 Å². The molecule has 4 nitrogen and oxygen atoms in total. The first-order valence-corrected chi connectivity index (χ1v) is 10.5. The third kappa shape index (κ3) is 13.9. The fraction of sp³-hybridized carbons (Fsp3) is 0.905. The van der Waals surface area contributed by atoms with Crippen LogP contribution in [0, 0.1) is 5.92 Å². The highest BCUT2D eigenvalue weighted by molar-refractivity contribution is 5.78. The summed E-state index contributed by atoms with van der Waals surface area (Å²) in [6.45, 7) is 5.83. The van der Waals surface area contributed by atoms with Crippen molar-refractivity contribution in [3.05, 3.63) is 0 Å². The van der Waals surface area contributed by atoms with E-state index in [4.69, 9.17) is 9.84 Å². The van der Waals surface area contributed by atoms with E-state index in [0.29, 0.717) is 0 Å². The van der Waals surface area contributed by atoms with Crippen LogP contribution < -0.4 is 0 Å². The van der Waals surface area contributed by atoms with Gasteiger partial charge in [-0.05, 0) is 19.8 Å². The van der Waals surface area contributed by atoms with Crippen molar-refractivity contribution in [3.63, 3.8) is 0 Å². The summed E-state index contributed by atoms with van der Waals surface area (Å²) in [5, 5.41) is 8.93. The van der Waals surface area contributed by atoms with Crippen LogP contribution in [-0.4, -0.2) is 23.1 Å². The summed E-state index contributed by atoms with van der Waals surface area (Å²) in [6, 6.07) is 0. The molecule has 1 N–H and O–H groups in total. The van der Waals surface area contributed by atoms with Crippen molar-refractivity contribution < 1.29 is 19.4 Å². The average molecular weight is 357 g/mol. The molecule has 0 amide bonds. The summed E-state index contributed by atoms with van der Waals surface area (Å²) >= 11 is 0. The minimum Gasteiger partial charge on any atom is -0.479 e. The van der Waals surface area contributed by atoms with Crippen molar-refractivity contribution in [1.82, 2.24) is 0 Å². The van der Waals surface area contributed by atoms with Crippen LogP contribution in [0.15, 0.2) is 0 Å². The minimum atomic E-state index is -1.08. The van der Waals surface area contributed by atoms with Crippen LogP contribution in [0.2, 0.25) is 0 Å². The third-order valence-electron chi connectivity index (χ3n) is 4.79. The minimum absolute atomic E-state index is 0.140. The van der Waals surface area contributed by atoms with Gasteiger partial charge in [-0.3, -0.25) is 4.79 Å². The van der Waals surface area contributed by atoms with Crippen molar-refractivity contribution in [2.24, 2.45) is 5.92 Å². The molecule has 4 heteroatoms. The average Bonchev–Trinajstić information content (AvgIpc) is 2.58. The standard InChI is InChI=1S/C21H40O4/c1-4-6-8-10-12-14-16-19(17-15-13-11-9-7-5-2)21(24)25-18(3)20(22)23/h18-19H,4-17H2,1-3H3,(H,22,23). The molecule has 0 fully saturated rings. The van der Waals surface area contributed by atoms with Gasteiger partial charge in [0.1, 0.15) is 0 Å². The molecule has 0 aliphatic heterocycles. The van der Waals surface area contributed by atoms with Gasteiger partial charge in [-0.15, -0.1) is 0 Å². The molecule has 1 unspecified atom stereocenters. The lowest BCUT2D eigenvalue weighted by molar-refractivity contribution is -0.166. The van der Waals surface area contributed by atoms with Gasteiger partial charge in [0.15, 0.2) is 6.10 Å². The van der Waals surface area contributed by atoms with Gasteiger partial charge in [0, 0.05) is 0 Å². The van der Waals surface area contributed by atoms with Crippen LogP contribution in [-0.2, 0) is 14.3 Å². The molecular weight excluding hydrogens is 316 g/mol. The van der Waals surface area contributed by atoms with E-state index in [2.05, 4.69) is 13.8 Å². The largest absolute Gasteiger partial charge is 0.479 e. The fourth-order valence-corrected chi connectivity index (χ4v) is 3.04. The number of carboxylic acid groups (broad SMARTS) is 1.